The number of thioether (sulfide) groups is 2. The summed E-state index contributed by atoms with van der Waals surface area (Å²) in [5.41, 5.74) is 0. The van der Waals surface area contributed by atoms with Crippen LogP contribution in [0.15, 0.2) is 0 Å². The van der Waals surface area contributed by atoms with Crippen LogP contribution >= 0.6 is 23.5 Å². The molecular weight excluding hydrogens is 400 g/mol. The van der Waals surface area contributed by atoms with E-state index in [1.807, 2.05) is 0 Å². The van der Waals surface area contributed by atoms with Crippen LogP contribution < -0.4 is 0 Å². The molecule has 0 radical (unpaired) electrons. The molecule has 0 heterocycles. The zero-order valence-electron chi connectivity index (χ0n) is 17.6. The largest absolute Gasteiger partial charge is 0.399 e. The van der Waals surface area contributed by atoms with E-state index in [1.165, 1.54) is 77.0 Å². The lowest BCUT2D eigenvalue weighted by molar-refractivity contribution is 0.233. The van der Waals surface area contributed by atoms with Crippen molar-refractivity contribution < 1.29 is 16.8 Å². The first-order chi connectivity index (χ1) is 13.1. The van der Waals surface area contributed by atoms with Gasteiger partial charge in [-0.05, 0) is 24.3 Å². The number of rotatable bonds is 22. The van der Waals surface area contributed by atoms with E-state index in [9.17, 15) is 8.42 Å². The molecule has 0 aromatic rings. The molecule has 0 unspecified atom stereocenters. The predicted octanol–water partition coefficient (Wildman–Crippen LogP) is 6.45. The highest BCUT2D eigenvalue weighted by atomic mass is 32.3. The maximum atomic E-state index is 11.6. The number of hydrogen-bond acceptors (Lipinski definition) is 6. The van der Waals surface area contributed by atoms with Crippen LogP contribution in [0.1, 0.15) is 90.9 Å². The van der Waals surface area contributed by atoms with E-state index in [4.69, 9.17) is 8.37 Å². The molecule has 4 nitrogen and oxygen atoms in total. The van der Waals surface area contributed by atoms with E-state index in [1.54, 1.807) is 23.5 Å². The summed E-state index contributed by atoms with van der Waals surface area (Å²) in [7, 11) is -3.82. The lowest BCUT2D eigenvalue weighted by Crippen LogP contribution is -2.14. The normalized spacial score (nSPS) is 11.9. The molecule has 7 heteroatoms. The zero-order chi connectivity index (χ0) is 20.1. The van der Waals surface area contributed by atoms with Crippen molar-refractivity contribution in [2.24, 2.45) is 0 Å². The fourth-order valence-corrected chi connectivity index (χ4v) is 5.08. The summed E-state index contributed by atoms with van der Waals surface area (Å²) < 4.78 is 33.1. The molecule has 0 N–H and O–H groups in total. The van der Waals surface area contributed by atoms with Crippen LogP contribution in [0.5, 0.6) is 0 Å². The molecule has 0 atom stereocenters. The summed E-state index contributed by atoms with van der Waals surface area (Å²) in [5, 5.41) is 0. The van der Waals surface area contributed by atoms with Crippen LogP contribution in [0, 0.1) is 0 Å². The fourth-order valence-electron chi connectivity index (χ4n) is 2.60. The molecule has 0 aliphatic heterocycles. The number of unbranched alkanes of at least 4 members (excludes halogenated alkanes) is 10. The first-order valence-corrected chi connectivity index (χ1v) is 14.5. The lowest BCUT2D eigenvalue weighted by Gasteiger charge is -2.06. The van der Waals surface area contributed by atoms with Gasteiger partial charge in [-0.25, -0.2) is 8.37 Å². The minimum absolute atomic E-state index is 0.202. The summed E-state index contributed by atoms with van der Waals surface area (Å²) in [5.74, 6) is 3.55. The summed E-state index contributed by atoms with van der Waals surface area (Å²) >= 11 is 3.51. The molecule has 0 rings (SSSR count). The monoisotopic (exact) mass is 442 g/mol. The summed E-state index contributed by atoms with van der Waals surface area (Å²) in [6, 6.07) is 0. The van der Waals surface area contributed by atoms with Gasteiger partial charge in [0.2, 0.25) is 0 Å². The highest BCUT2D eigenvalue weighted by Crippen LogP contribution is 2.11. The fraction of sp³-hybridized carbons (Fsp3) is 1.00. The zero-order valence-corrected chi connectivity index (χ0v) is 20.0. The van der Waals surface area contributed by atoms with Gasteiger partial charge in [-0.2, -0.15) is 31.9 Å². The minimum atomic E-state index is -3.82. The van der Waals surface area contributed by atoms with Gasteiger partial charge in [0.25, 0.3) is 0 Å². The van der Waals surface area contributed by atoms with Gasteiger partial charge in [-0.1, -0.05) is 78.1 Å². The van der Waals surface area contributed by atoms with Gasteiger partial charge in [0.1, 0.15) is 0 Å². The van der Waals surface area contributed by atoms with Crippen molar-refractivity contribution in [3.63, 3.8) is 0 Å². The molecule has 164 valence electrons. The van der Waals surface area contributed by atoms with E-state index < -0.39 is 10.4 Å². The Bertz CT molecular complexity index is 359. The van der Waals surface area contributed by atoms with Crippen LogP contribution in [0.25, 0.3) is 0 Å². The van der Waals surface area contributed by atoms with Crippen LogP contribution in [-0.4, -0.2) is 44.6 Å². The van der Waals surface area contributed by atoms with E-state index >= 15 is 0 Å². The molecular formula is C20H42O4S3. The third kappa shape index (κ3) is 22.7. The Morgan fingerprint density at radius 2 is 0.926 bits per heavy atom. The van der Waals surface area contributed by atoms with Crippen molar-refractivity contribution in [3.05, 3.63) is 0 Å². The van der Waals surface area contributed by atoms with Crippen molar-refractivity contribution in [3.8, 4) is 0 Å². The van der Waals surface area contributed by atoms with Gasteiger partial charge in [-0.15, -0.1) is 0 Å². The van der Waals surface area contributed by atoms with Gasteiger partial charge < -0.3 is 0 Å². The Morgan fingerprint density at radius 1 is 0.556 bits per heavy atom. The van der Waals surface area contributed by atoms with E-state index in [0.29, 0.717) is 11.5 Å². The van der Waals surface area contributed by atoms with Crippen LogP contribution in [0.4, 0.5) is 0 Å². The second kappa shape index (κ2) is 21.3. The highest BCUT2D eigenvalue weighted by Gasteiger charge is 2.11. The van der Waals surface area contributed by atoms with E-state index in [0.717, 1.165) is 11.5 Å². The SMILES string of the molecule is CCCCCCCCSCCOS(=O)(=O)OCCSCCCCCCCC. The van der Waals surface area contributed by atoms with Gasteiger partial charge in [0, 0.05) is 11.5 Å². The molecule has 0 aromatic heterocycles. The first-order valence-electron chi connectivity index (χ1n) is 10.8. The Balaban J connectivity index is 3.34. The molecule has 0 amide bonds. The molecule has 0 aliphatic rings. The van der Waals surface area contributed by atoms with Crippen molar-refractivity contribution in [1.82, 2.24) is 0 Å². The average molecular weight is 443 g/mol. The Morgan fingerprint density at radius 3 is 1.33 bits per heavy atom. The highest BCUT2D eigenvalue weighted by molar-refractivity contribution is 7.99. The molecule has 27 heavy (non-hydrogen) atoms. The van der Waals surface area contributed by atoms with Crippen LogP contribution in [0.2, 0.25) is 0 Å². The quantitative estimate of drug-likeness (QED) is 0.180. The van der Waals surface area contributed by atoms with Crippen molar-refractivity contribution in [2.75, 3.05) is 36.2 Å². The van der Waals surface area contributed by atoms with Crippen molar-refractivity contribution >= 4 is 33.9 Å². The molecule has 0 aliphatic carbocycles. The van der Waals surface area contributed by atoms with E-state index in [2.05, 4.69) is 13.8 Å². The lowest BCUT2D eigenvalue weighted by atomic mass is 10.1. The third-order valence-electron chi connectivity index (χ3n) is 4.20. The van der Waals surface area contributed by atoms with Crippen molar-refractivity contribution in [1.29, 1.82) is 0 Å². The minimum Gasteiger partial charge on any atom is -0.247 e. The molecule has 0 bridgehead atoms. The molecule has 0 aromatic carbocycles. The van der Waals surface area contributed by atoms with Crippen LogP contribution in [-0.2, 0) is 18.8 Å². The van der Waals surface area contributed by atoms with Gasteiger partial charge in [-0.3, -0.25) is 0 Å². The van der Waals surface area contributed by atoms with Crippen LogP contribution in [0.3, 0.4) is 0 Å². The second-order valence-electron chi connectivity index (χ2n) is 6.81. The maximum absolute atomic E-state index is 11.6. The Labute approximate surface area is 177 Å². The summed E-state index contributed by atoms with van der Waals surface area (Å²) in [6.45, 7) is 4.85. The van der Waals surface area contributed by atoms with E-state index in [-0.39, 0.29) is 13.2 Å². The Hall–Kier alpha value is 0.570. The molecule has 0 fully saturated rings. The molecule has 0 saturated carbocycles. The predicted molar refractivity (Wildman–Crippen MR) is 122 cm³/mol. The first kappa shape index (κ1) is 27.6. The Kier molecular flexibility index (Phi) is 21.7. The second-order valence-corrected chi connectivity index (χ2v) is 10.5. The van der Waals surface area contributed by atoms with Gasteiger partial charge in [0.05, 0.1) is 13.2 Å². The topological polar surface area (TPSA) is 52.6 Å². The third-order valence-corrected chi connectivity index (χ3v) is 7.17. The number of hydrogen-bond donors (Lipinski definition) is 0. The smallest absolute Gasteiger partial charge is 0.247 e. The summed E-state index contributed by atoms with van der Waals surface area (Å²) in [6.07, 6.45) is 15.4. The molecule has 0 saturated heterocycles. The van der Waals surface area contributed by atoms with Crippen molar-refractivity contribution in [2.45, 2.75) is 90.9 Å². The average Bonchev–Trinajstić information content (AvgIpc) is 2.64. The standard InChI is InChI=1S/C20H42O4S3/c1-3-5-7-9-11-13-17-25-19-15-23-27(21,22)24-16-20-26-18-14-12-10-8-6-4-2/h3-20H2,1-2H3. The maximum Gasteiger partial charge on any atom is 0.399 e. The summed E-state index contributed by atoms with van der Waals surface area (Å²) in [4.78, 5) is 0. The van der Waals surface area contributed by atoms with Gasteiger partial charge >= 0.3 is 10.4 Å². The van der Waals surface area contributed by atoms with Gasteiger partial charge in [0.15, 0.2) is 0 Å². The molecule has 0 spiro atoms.